The first-order chi connectivity index (χ1) is 10.6. The van der Waals surface area contributed by atoms with E-state index in [2.05, 4.69) is 15.4 Å². The van der Waals surface area contributed by atoms with E-state index in [0.717, 1.165) is 25.9 Å². The molecule has 0 aliphatic carbocycles. The van der Waals surface area contributed by atoms with Gasteiger partial charge in [-0.15, -0.1) is 12.4 Å². The van der Waals surface area contributed by atoms with Gasteiger partial charge in [0.2, 0.25) is 15.9 Å². The van der Waals surface area contributed by atoms with E-state index in [1.807, 2.05) is 0 Å². The van der Waals surface area contributed by atoms with Gasteiger partial charge in [-0.2, -0.15) is 0 Å². The molecule has 6 nitrogen and oxygen atoms in total. The van der Waals surface area contributed by atoms with Gasteiger partial charge in [0, 0.05) is 19.5 Å². The first kappa shape index (κ1) is 19.9. The van der Waals surface area contributed by atoms with Gasteiger partial charge in [-0.3, -0.25) is 4.79 Å². The highest BCUT2D eigenvalue weighted by atomic mass is 35.5. The Morgan fingerprint density at radius 3 is 2.65 bits per heavy atom. The highest BCUT2D eigenvalue weighted by molar-refractivity contribution is 7.89. The van der Waals surface area contributed by atoms with Crippen molar-refractivity contribution >= 4 is 28.3 Å². The van der Waals surface area contributed by atoms with Crippen LogP contribution in [-0.2, 0) is 14.8 Å². The van der Waals surface area contributed by atoms with Crippen molar-refractivity contribution in [3.05, 3.63) is 30.3 Å². The first-order valence-electron chi connectivity index (χ1n) is 7.60. The zero-order chi connectivity index (χ0) is 15.8. The third-order valence-electron chi connectivity index (χ3n) is 3.68. The molecule has 0 saturated carbocycles. The highest BCUT2D eigenvalue weighted by Crippen LogP contribution is 2.08. The molecule has 1 amide bonds. The van der Waals surface area contributed by atoms with Crippen LogP contribution in [0, 0.1) is 5.92 Å². The lowest BCUT2D eigenvalue weighted by Crippen LogP contribution is -2.39. The summed E-state index contributed by atoms with van der Waals surface area (Å²) in [5, 5.41) is 6.16. The quantitative estimate of drug-likeness (QED) is 0.673. The van der Waals surface area contributed by atoms with Crippen molar-refractivity contribution in [2.75, 3.05) is 26.2 Å². The van der Waals surface area contributed by atoms with Gasteiger partial charge in [0.05, 0.1) is 4.90 Å². The van der Waals surface area contributed by atoms with Gasteiger partial charge in [0.1, 0.15) is 0 Å². The summed E-state index contributed by atoms with van der Waals surface area (Å²) in [4.78, 5) is 12.0. The number of piperidine rings is 1. The molecule has 0 bridgehead atoms. The second-order valence-electron chi connectivity index (χ2n) is 5.48. The summed E-state index contributed by atoms with van der Waals surface area (Å²) in [7, 11) is -3.53. The maximum absolute atomic E-state index is 12.0. The van der Waals surface area contributed by atoms with E-state index in [1.165, 1.54) is 12.1 Å². The molecule has 1 aromatic rings. The summed E-state index contributed by atoms with van der Waals surface area (Å²) in [5.41, 5.74) is 0. The van der Waals surface area contributed by atoms with Gasteiger partial charge < -0.3 is 10.6 Å². The van der Waals surface area contributed by atoms with Crippen LogP contribution in [0.3, 0.4) is 0 Å². The van der Waals surface area contributed by atoms with E-state index < -0.39 is 10.0 Å². The summed E-state index contributed by atoms with van der Waals surface area (Å²) in [6, 6.07) is 8.14. The second kappa shape index (κ2) is 9.87. The first-order valence-corrected chi connectivity index (χ1v) is 9.08. The summed E-state index contributed by atoms with van der Waals surface area (Å²) in [5.74, 6) is 0.347. The molecule has 1 fully saturated rings. The molecular formula is C15H24ClN3O3S. The number of halogens is 1. The molecule has 1 heterocycles. The van der Waals surface area contributed by atoms with Crippen LogP contribution >= 0.6 is 12.4 Å². The van der Waals surface area contributed by atoms with Gasteiger partial charge in [0.25, 0.3) is 0 Å². The highest BCUT2D eigenvalue weighted by Gasteiger charge is 2.15. The van der Waals surface area contributed by atoms with Crippen molar-refractivity contribution in [2.24, 2.45) is 5.92 Å². The van der Waals surface area contributed by atoms with Crippen LogP contribution in [0.2, 0.25) is 0 Å². The van der Waals surface area contributed by atoms with Crippen molar-refractivity contribution in [3.63, 3.8) is 0 Å². The van der Waals surface area contributed by atoms with Gasteiger partial charge in [-0.25, -0.2) is 13.1 Å². The van der Waals surface area contributed by atoms with Crippen LogP contribution in [0.1, 0.15) is 19.3 Å². The van der Waals surface area contributed by atoms with Crippen LogP contribution in [0.15, 0.2) is 35.2 Å². The minimum absolute atomic E-state index is 0. The third-order valence-corrected chi connectivity index (χ3v) is 5.16. The van der Waals surface area contributed by atoms with Crippen molar-refractivity contribution in [1.82, 2.24) is 15.4 Å². The molecule has 1 atom stereocenters. The molecule has 130 valence electrons. The van der Waals surface area contributed by atoms with Crippen LogP contribution < -0.4 is 15.4 Å². The summed E-state index contributed by atoms with van der Waals surface area (Å²) in [6.07, 6.45) is 2.40. The maximum atomic E-state index is 12.0. The number of benzene rings is 1. The average Bonchev–Trinajstić information content (AvgIpc) is 2.54. The molecule has 0 radical (unpaired) electrons. The lowest BCUT2D eigenvalue weighted by molar-refractivity contribution is -0.121. The Bertz CT molecular complexity index is 575. The lowest BCUT2D eigenvalue weighted by Gasteiger charge is -2.22. The van der Waals surface area contributed by atoms with Gasteiger partial charge in [-0.1, -0.05) is 18.2 Å². The summed E-state index contributed by atoms with van der Waals surface area (Å²) >= 11 is 0. The molecule has 1 aromatic carbocycles. The van der Waals surface area contributed by atoms with Crippen molar-refractivity contribution in [3.8, 4) is 0 Å². The Hall–Kier alpha value is -1.15. The molecule has 1 saturated heterocycles. The Balaban J connectivity index is 0.00000264. The summed E-state index contributed by atoms with van der Waals surface area (Å²) < 4.78 is 26.4. The number of nitrogens with one attached hydrogen (secondary N) is 3. The normalized spacial score (nSPS) is 18.0. The topological polar surface area (TPSA) is 87.3 Å². The van der Waals surface area contributed by atoms with E-state index in [1.54, 1.807) is 18.2 Å². The molecule has 2 rings (SSSR count). The van der Waals surface area contributed by atoms with E-state index in [4.69, 9.17) is 0 Å². The molecule has 1 aliphatic rings. The van der Waals surface area contributed by atoms with Gasteiger partial charge in [0.15, 0.2) is 0 Å². The average molecular weight is 362 g/mol. The smallest absolute Gasteiger partial charge is 0.240 e. The Labute approximate surface area is 143 Å². The Morgan fingerprint density at radius 1 is 1.26 bits per heavy atom. The van der Waals surface area contributed by atoms with Crippen molar-refractivity contribution in [2.45, 2.75) is 24.2 Å². The van der Waals surface area contributed by atoms with Crippen molar-refractivity contribution in [1.29, 1.82) is 0 Å². The minimum Gasteiger partial charge on any atom is -0.356 e. The Morgan fingerprint density at radius 2 is 2.00 bits per heavy atom. The Kier molecular flexibility index (Phi) is 8.54. The molecule has 3 N–H and O–H groups in total. The predicted octanol–water partition coefficient (Wildman–Crippen LogP) is 0.893. The van der Waals surface area contributed by atoms with E-state index >= 15 is 0 Å². The largest absolute Gasteiger partial charge is 0.356 e. The fourth-order valence-electron chi connectivity index (χ4n) is 2.43. The molecule has 1 unspecified atom stereocenters. The van der Waals surface area contributed by atoms with Crippen LogP contribution in [-0.4, -0.2) is 40.5 Å². The second-order valence-corrected chi connectivity index (χ2v) is 7.24. The monoisotopic (exact) mass is 361 g/mol. The van der Waals surface area contributed by atoms with Gasteiger partial charge in [-0.05, 0) is 44.0 Å². The fraction of sp³-hybridized carbons (Fsp3) is 0.533. The molecule has 23 heavy (non-hydrogen) atoms. The standard InChI is InChI=1S/C15H23N3O3S.ClH/c19-15(17-12-13-5-4-9-16-11-13)8-10-18-22(20,21)14-6-2-1-3-7-14;/h1-3,6-7,13,16,18H,4-5,8-12H2,(H,17,19);1H. The van der Waals surface area contributed by atoms with Crippen LogP contribution in [0.25, 0.3) is 0 Å². The number of rotatable bonds is 7. The number of amides is 1. The lowest BCUT2D eigenvalue weighted by atomic mass is 10.00. The number of carbonyl (C=O) groups is 1. The van der Waals surface area contributed by atoms with Crippen LogP contribution in [0.4, 0.5) is 0 Å². The zero-order valence-electron chi connectivity index (χ0n) is 13.0. The van der Waals surface area contributed by atoms with E-state index in [0.29, 0.717) is 12.5 Å². The van der Waals surface area contributed by atoms with Crippen molar-refractivity contribution < 1.29 is 13.2 Å². The number of hydrogen-bond acceptors (Lipinski definition) is 4. The zero-order valence-corrected chi connectivity index (χ0v) is 14.6. The molecule has 8 heteroatoms. The predicted molar refractivity (Wildman–Crippen MR) is 92.1 cm³/mol. The minimum atomic E-state index is -3.53. The third kappa shape index (κ3) is 6.87. The number of hydrogen-bond donors (Lipinski definition) is 3. The molecular weight excluding hydrogens is 338 g/mol. The number of carbonyl (C=O) groups excluding carboxylic acids is 1. The molecule has 0 aromatic heterocycles. The maximum Gasteiger partial charge on any atom is 0.240 e. The van der Waals surface area contributed by atoms with E-state index in [9.17, 15) is 13.2 Å². The fourth-order valence-corrected chi connectivity index (χ4v) is 3.48. The number of sulfonamides is 1. The van der Waals surface area contributed by atoms with E-state index in [-0.39, 0.29) is 36.2 Å². The SMILES string of the molecule is Cl.O=C(CCNS(=O)(=O)c1ccccc1)NCC1CCCNC1. The summed E-state index contributed by atoms with van der Waals surface area (Å²) in [6.45, 7) is 2.73. The van der Waals surface area contributed by atoms with Crippen LogP contribution in [0.5, 0.6) is 0 Å². The van der Waals surface area contributed by atoms with Gasteiger partial charge >= 0.3 is 0 Å². The molecule has 0 spiro atoms. The molecule has 1 aliphatic heterocycles.